The number of rotatable bonds is 3. The van der Waals surface area contributed by atoms with E-state index in [4.69, 9.17) is 10.1 Å². The first-order valence-corrected chi connectivity index (χ1v) is 10.4. The Morgan fingerprint density at radius 3 is 2.37 bits per heavy atom. The molecular formula is C23H23N7. The number of aromatic nitrogens is 5. The predicted octanol–water partition coefficient (Wildman–Crippen LogP) is 2.85. The van der Waals surface area contributed by atoms with Gasteiger partial charge in [-0.15, -0.1) is 5.10 Å². The molecule has 2 aliphatic heterocycles. The van der Waals surface area contributed by atoms with Gasteiger partial charge >= 0.3 is 0 Å². The Morgan fingerprint density at radius 1 is 0.833 bits per heavy atom. The summed E-state index contributed by atoms with van der Waals surface area (Å²) in [5.74, 6) is 2.48. The molecule has 7 heteroatoms. The van der Waals surface area contributed by atoms with Crippen LogP contribution in [0.4, 0.5) is 5.82 Å². The van der Waals surface area contributed by atoms with Crippen molar-refractivity contribution in [1.82, 2.24) is 29.7 Å². The van der Waals surface area contributed by atoms with Crippen LogP contribution in [-0.4, -0.2) is 62.9 Å². The number of nitrogens with zero attached hydrogens (tertiary/aromatic N) is 7. The van der Waals surface area contributed by atoms with E-state index in [-0.39, 0.29) is 0 Å². The largest absolute Gasteiger partial charge is 0.355 e. The van der Waals surface area contributed by atoms with Gasteiger partial charge < -0.3 is 9.80 Å². The van der Waals surface area contributed by atoms with E-state index >= 15 is 0 Å². The van der Waals surface area contributed by atoms with Crippen molar-refractivity contribution in [3.63, 3.8) is 0 Å². The van der Waals surface area contributed by atoms with Gasteiger partial charge in [0, 0.05) is 37.3 Å². The van der Waals surface area contributed by atoms with Crippen molar-refractivity contribution in [3.05, 3.63) is 60.9 Å². The Balaban J connectivity index is 1.47. The zero-order chi connectivity index (χ0) is 20.1. The molecule has 0 aliphatic carbocycles. The standard InChI is InChI=1S/C23H23N7/c1-28-12-18-14-29(15-19(18)13-28)21-8-7-20-26-22(16-5-3-2-4-6-16)23(30(20)27-21)17-9-10-24-25-11-17/h2-11,18-19H,12-15H2,1H3. The van der Waals surface area contributed by atoms with Crippen LogP contribution in [-0.2, 0) is 0 Å². The molecule has 0 N–H and O–H groups in total. The fraction of sp³-hybridized carbons (Fsp3) is 0.304. The second kappa shape index (κ2) is 6.88. The number of hydrogen-bond donors (Lipinski definition) is 0. The average Bonchev–Trinajstić information content (AvgIpc) is 3.45. The van der Waals surface area contributed by atoms with E-state index in [1.54, 1.807) is 12.4 Å². The van der Waals surface area contributed by atoms with E-state index in [0.717, 1.165) is 58.9 Å². The number of imidazole rings is 1. The van der Waals surface area contributed by atoms with Gasteiger partial charge in [0.15, 0.2) is 5.65 Å². The van der Waals surface area contributed by atoms with Crippen LogP contribution >= 0.6 is 0 Å². The molecule has 2 aliphatic rings. The Morgan fingerprint density at radius 2 is 1.63 bits per heavy atom. The summed E-state index contributed by atoms with van der Waals surface area (Å²) in [7, 11) is 2.22. The van der Waals surface area contributed by atoms with Crippen molar-refractivity contribution in [1.29, 1.82) is 0 Å². The van der Waals surface area contributed by atoms with Crippen molar-refractivity contribution in [2.24, 2.45) is 11.8 Å². The molecule has 1 aromatic carbocycles. The quantitative estimate of drug-likeness (QED) is 0.530. The van der Waals surface area contributed by atoms with Crippen LogP contribution in [0.1, 0.15) is 0 Å². The van der Waals surface area contributed by atoms with Crippen LogP contribution in [0.5, 0.6) is 0 Å². The van der Waals surface area contributed by atoms with Crippen LogP contribution in [0.15, 0.2) is 60.9 Å². The second-order valence-corrected chi connectivity index (χ2v) is 8.41. The number of benzene rings is 1. The van der Waals surface area contributed by atoms with Crippen molar-refractivity contribution < 1.29 is 0 Å². The molecule has 30 heavy (non-hydrogen) atoms. The lowest BCUT2D eigenvalue weighted by Gasteiger charge is -2.20. The van der Waals surface area contributed by atoms with Crippen LogP contribution < -0.4 is 4.90 Å². The SMILES string of the molecule is CN1CC2CN(c3ccc4nc(-c5ccccc5)c(-c5ccnnc5)n4n3)CC2C1. The first kappa shape index (κ1) is 17.5. The Labute approximate surface area is 175 Å². The van der Waals surface area contributed by atoms with Crippen LogP contribution in [0.3, 0.4) is 0 Å². The highest BCUT2D eigenvalue weighted by molar-refractivity contribution is 5.81. The number of likely N-dealkylation sites (tertiary alicyclic amines) is 1. The molecule has 5 heterocycles. The minimum absolute atomic E-state index is 0.735. The molecule has 4 aromatic rings. The van der Waals surface area contributed by atoms with E-state index in [1.807, 2.05) is 28.8 Å². The van der Waals surface area contributed by atoms with Gasteiger partial charge in [0.1, 0.15) is 11.5 Å². The fourth-order valence-electron chi connectivity index (χ4n) is 4.99. The first-order valence-electron chi connectivity index (χ1n) is 10.4. The molecule has 7 nitrogen and oxygen atoms in total. The van der Waals surface area contributed by atoms with E-state index in [9.17, 15) is 0 Å². The summed E-state index contributed by atoms with van der Waals surface area (Å²) in [6, 6.07) is 16.4. The van der Waals surface area contributed by atoms with Gasteiger partial charge in [-0.2, -0.15) is 10.2 Å². The zero-order valence-electron chi connectivity index (χ0n) is 16.9. The van der Waals surface area contributed by atoms with Crippen molar-refractivity contribution >= 4 is 11.5 Å². The summed E-state index contributed by atoms with van der Waals surface area (Å²) in [5.41, 5.74) is 4.72. The Kier molecular flexibility index (Phi) is 4.02. The van der Waals surface area contributed by atoms with Gasteiger partial charge in [-0.3, -0.25) is 0 Å². The van der Waals surface area contributed by atoms with Crippen LogP contribution in [0.2, 0.25) is 0 Å². The van der Waals surface area contributed by atoms with Crippen molar-refractivity contribution in [3.8, 4) is 22.5 Å². The predicted molar refractivity (Wildman–Crippen MR) is 116 cm³/mol. The third-order valence-electron chi connectivity index (χ3n) is 6.36. The summed E-state index contributed by atoms with van der Waals surface area (Å²) in [5, 5.41) is 13.1. The number of anilines is 1. The minimum Gasteiger partial charge on any atom is -0.355 e. The van der Waals surface area contributed by atoms with Crippen molar-refractivity contribution in [2.75, 3.05) is 38.1 Å². The molecule has 2 fully saturated rings. The lowest BCUT2D eigenvalue weighted by molar-refractivity contribution is 0.386. The van der Waals surface area contributed by atoms with E-state index in [1.165, 1.54) is 13.1 Å². The smallest absolute Gasteiger partial charge is 0.155 e. The zero-order valence-corrected chi connectivity index (χ0v) is 16.9. The van der Waals surface area contributed by atoms with E-state index in [2.05, 4.69) is 51.3 Å². The molecule has 3 aromatic heterocycles. The van der Waals surface area contributed by atoms with Crippen molar-refractivity contribution in [2.45, 2.75) is 0 Å². The minimum atomic E-state index is 0.735. The molecule has 0 radical (unpaired) electrons. The molecule has 2 saturated heterocycles. The average molecular weight is 397 g/mol. The molecule has 0 spiro atoms. The maximum atomic E-state index is 5.04. The van der Waals surface area contributed by atoms with Gasteiger partial charge in [-0.05, 0) is 37.1 Å². The molecule has 0 bridgehead atoms. The van der Waals surface area contributed by atoms with E-state index in [0.29, 0.717) is 0 Å². The molecule has 2 unspecified atom stereocenters. The first-order chi connectivity index (χ1) is 14.8. The topological polar surface area (TPSA) is 62.5 Å². The summed E-state index contributed by atoms with van der Waals surface area (Å²) >= 11 is 0. The number of hydrogen-bond acceptors (Lipinski definition) is 6. The van der Waals surface area contributed by atoms with Gasteiger partial charge in [0.05, 0.1) is 18.1 Å². The summed E-state index contributed by atoms with van der Waals surface area (Å²) < 4.78 is 1.97. The summed E-state index contributed by atoms with van der Waals surface area (Å²) in [6.07, 6.45) is 3.49. The number of fused-ring (bicyclic) bond motifs is 2. The second-order valence-electron chi connectivity index (χ2n) is 8.41. The van der Waals surface area contributed by atoms with Gasteiger partial charge in [0.25, 0.3) is 0 Å². The Bertz CT molecular complexity index is 1170. The molecule has 2 atom stereocenters. The van der Waals surface area contributed by atoms with E-state index < -0.39 is 0 Å². The molecule has 0 amide bonds. The summed E-state index contributed by atoms with van der Waals surface area (Å²) in [6.45, 7) is 4.50. The normalized spacial score (nSPS) is 21.4. The lowest BCUT2D eigenvalue weighted by atomic mass is 10.0. The molecule has 0 saturated carbocycles. The highest BCUT2D eigenvalue weighted by atomic mass is 15.4. The van der Waals surface area contributed by atoms with Gasteiger partial charge in [-0.25, -0.2) is 9.50 Å². The maximum Gasteiger partial charge on any atom is 0.155 e. The molecular weight excluding hydrogens is 374 g/mol. The highest BCUT2D eigenvalue weighted by Gasteiger charge is 2.39. The third kappa shape index (κ3) is 2.85. The third-order valence-corrected chi connectivity index (χ3v) is 6.36. The Hall–Kier alpha value is -3.32. The molecule has 6 rings (SSSR count). The fourth-order valence-corrected chi connectivity index (χ4v) is 4.99. The maximum absolute atomic E-state index is 5.04. The van der Waals surface area contributed by atoms with Gasteiger partial charge in [-0.1, -0.05) is 30.3 Å². The highest BCUT2D eigenvalue weighted by Crippen LogP contribution is 2.35. The van der Waals surface area contributed by atoms with Crippen LogP contribution in [0, 0.1) is 11.8 Å². The monoisotopic (exact) mass is 397 g/mol. The molecule has 150 valence electrons. The summed E-state index contributed by atoms with van der Waals surface area (Å²) in [4.78, 5) is 9.79. The lowest BCUT2D eigenvalue weighted by Crippen LogP contribution is -2.27. The van der Waals surface area contributed by atoms with Crippen LogP contribution in [0.25, 0.3) is 28.2 Å². The van der Waals surface area contributed by atoms with Gasteiger partial charge in [0.2, 0.25) is 0 Å².